The first-order valence-corrected chi connectivity index (χ1v) is 7.27. The van der Waals surface area contributed by atoms with Crippen molar-refractivity contribution in [2.24, 2.45) is 0 Å². The molecule has 2 heterocycles. The second-order valence-electron chi connectivity index (χ2n) is 5.44. The molecule has 112 valence electrons. The van der Waals surface area contributed by atoms with E-state index in [-0.39, 0.29) is 11.9 Å². The zero-order valence-electron chi connectivity index (χ0n) is 12.4. The first-order valence-electron chi connectivity index (χ1n) is 7.27. The van der Waals surface area contributed by atoms with Crippen molar-refractivity contribution >= 4 is 11.6 Å². The summed E-state index contributed by atoms with van der Waals surface area (Å²) in [5, 5.41) is 4.15. The summed E-state index contributed by atoms with van der Waals surface area (Å²) in [6, 6.07) is 4.11. The van der Waals surface area contributed by atoms with Crippen LogP contribution in [0, 0.1) is 6.92 Å². The number of anilines is 1. The van der Waals surface area contributed by atoms with Gasteiger partial charge in [-0.1, -0.05) is 0 Å². The predicted molar refractivity (Wildman–Crippen MR) is 78.7 cm³/mol. The lowest BCUT2D eigenvalue weighted by Gasteiger charge is -2.22. The summed E-state index contributed by atoms with van der Waals surface area (Å²) in [7, 11) is 0. The van der Waals surface area contributed by atoms with Gasteiger partial charge in [0.2, 0.25) is 0 Å². The lowest BCUT2D eigenvalue weighted by Crippen LogP contribution is -2.34. The number of rotatable bonds is 5. The van der Waals surface area contributed by atoms with Gasteiger partial charge < -0.3 is 15.1 Å². The van der Waals surface area contributed by atoms with E-state index >= 15 is 0 Å². The number of hydrogen-bond donors (Lipinski definition) is 1. The molecule has 21 heavy (non-hydrogen) atoms. The van der Waals surface area contributed by atoms with Crippen molar-refractivity contribution in [3.8, 4) is 0 Å². The smallest absolute Gasteiger partial charge is 0.274 e. The van der Waals surface area contributed by atoms with Gasteiger partial charge in [0, 0.05) is 12.6 Å². The molecule has 1 aliphatic carbocycles. The minimum absolute atomic E-state index is 0.0663. The van der Waals surface area contributed by atoms with Crippen LogP contribution < -0.4 is 5.73 Å². The average Bonchev–Trinajstić information content (AvgIpc) is 3.12. The summed E-state index contributed by atoms with van der Waals surface area (Å²) in [5.41, 5.74) is 6.83. The van der Waals surface area contributed by atoms with Crippen LogP contribution in [0.5, 0.6) is 0 Å². The number of aryl methyl sites for hydroxylation is 2. The Balaban J connectivity index is 1.86. The quantitative estimate of drug-likeness (QED) is 0.915. The molecule has 1 amide bonds. The number of aromatic nitrogens is 2. The highest BCUT2D eigenvalue weighted by molar-refractivity contribution is 5.97. The second kappa shape index (κ2) is 5.27. The average molecular weight is 288 g/mol. The number of nitrogens with zero attached hydrogens (tertiary/aromatic N) is 3. The zero-order valence-corrected chi connectivity index (χ0v) is 12.4. The molecule has 2 N–H and O–H groups in total. The van der Waals surface area contributed by atoms with Crippen molar-refractivity contribution in [1.29, 1.82) is 0 Å². The van der Waals surface area contributed by atoms with Crippen LogP contribution in [0.3, 0.4) is 0 Å². The van der Waals surface area contributed by atoms with E-state index in [1.54, 1.807) is 10.9 Å². The number of furan rings is 1. The number of amides is 1. The van der Waals surface area contributed by atoms with Gasteiger partial charge in [-0.25, -0.2) is 0 Å². The van der Waals surface area contributed by atoms with Crippen LogP contribution in [0.1, 0.15) is 41.8 Å². The molecule has 0 atom stereocenters. The molecule has 1 aliphatic rings. The highest BCUT2D eigenvalue weighted by atomic mass is 16.3. The van der Waals surface area contributed by atoms with Crippen molar-refractivity contribution in [3.63, 3.8) is 0 Å². The van der Waals surface area contributed by atoms with Gasteiger partial charge in [0.15, 0.2) is 0 Å². The molecule has 0 spiro atoms. The highest BCUT2D eigenvalue weighted by Crippen LogP contribution is 2.31. The predicted octanol–water partition coefficient (Wildman–Crippen LogP) is 2.19. The van der Waals surface area contributed by atoms with Crippen LogP contribution in [0.15, 0.2) is 22.7 Å². The molecule has 0 aromatic carbocycles. The summed E-state index contributed by atoms with van der Waals surface area (Å²) < 4.78 is 7.25. The monoisotopic (exact) mass is 288 g/mol. The van der Waals surface area contributed by atoms with Gasteiger partial charge in [-0.05, 0) is 38.8 Å². The maximum Gasteiger partial charge on any atom is 0.274 e. The van der Waals surface area contributed by atoms with Gasteiger partial charge in [0.25, 0.3) is 5.91 Å². The SMILES string of the molecule is CCn1ncc(N)c1C(=O)N(Cc1ccc(C)o1)C1CC1. The van der Waals surface area contributed by atoms with Crippen molar-refractivity contribution in [2.75, 3.05) is 5.73 Å². The van der Waals surface area contributed by atoms with E-state index in [0.29, 0.717) is 24.5 Å². The van der Waals surface area contributed by atoms with Gasteiger partial charge in [0.1, 0.15) is 17.2 Å². The molecule has 0 aliphatic heterocycles. The van der Waals surface area contributed by atoms with Crippen LogP contribution in [-0.4, -0.2) is 26.6 Å². The van der Waals surface area contributed by atoms with E-state index in [0.717, 1.165) is 24.4 Å². The Bertz CT molecular complexity index is 654. The van der Waals surface area contributed by atoms with E-state index in [1.807, 2.05) is 30.9 Å². The molecule has 6 nitrogen and oxygen atoms in total. The fraction of sp³-hybridized carbons (Fsp3) is 0.467. The van der Waals surface area contributed by atoms with Gasteiger partial charge >= 0.3 is 0 Å². The minimum Gasteiger partial charge on any atom is -0.464 e. The van der Waals surface area contributed by atoms with E-state index in [4.69, 9.17) is 10.2 Å². The third-order valence-corrected chi connectivity index (χ3v) is 3.74. The van der Waals surface area contributed by atoms with E-state index in [2.05, 4.69) is 5.10 Å². The second-order valence-corrected chi connectivity index (χ2v) is 5.44. The first kappa shape index (κ1) is 13.7. The maximum absolute atomic E-state index is 12.8. The molecular formula is C15H20N4O2. The Morgan fingerprint density at radius 2 is 2.29 bits per heavy atom. The summed E-state index contributed by atoms with van der Waals surface area (Å²) >= 11 is 0. The lowest BCUT2D eigenvalue weighted by atomic mass is 10.3. The Morgan fingerprint density at radius 3 is 2.86 bits per heavy atom. The zero-order chi connectivity index (χ0) is 15.0. The third-order valence-electron chi connectivity index (χ3n) is 3.74. The van der Waals surface area contributed by atoms with Crippen LogP contribution >= 0.6 is 0 Å². The minimum atomic E-state index is -0.0663. The van der Waals surface area contributed by atoms with Crippen molar-refractivity contribution in [3.05, 3.63) is 35.5 Å². The van der Waals surface area contributed by atoms with Crippen molar-refractivity contribution in [1.82, 2.24) is 14.7 Å². The Hall–Kier alpha value is -2.24. The van der Waals surface area contributed by atoms with E-state index < -0.39 is 0 Å². The largest absolute Gasteiger partial charge is 0.464 e. The normalized spacial score (nSPS) is 14.4. The topological polar surface area (TPSA) is 77.3 Å². The van der Waals surface area contributed by atoms with E-state index in [1.165, 1.54) is 0 Å². The molecule has 2 aromatic heterocycles. The highest BCUT2D eigenvalue weighted by Gasteiger charge is 2.35. The fourth-order valence-corrected chi connectivity index (χ4v) is 2.50. The molecule has 3 rings (SSSR count). The van der Waals surface area contributed by atoms with Gasteiger partial charge in [-0.2, -0.15) is 5.10 Å². The molecular weight excluding hydrogens is 268 g/mol. The molecule has 0 radical (unpaired) electrons. The van der Waals surface area contributed by atoms with Crippen molar-refractivity contribution < 1.29 is 9.21 Å². The third kappa shape index (κ3) is 2.66. The first-order chi connectivity index (χ1) is 10.1. The van der Waals surface area contributed by atoms with Gasteiger partial charge in [-0.15, -0.1) is 0 Å². The maximum atomic E-state index is 12.8. The standard InChI is InChI=1S/C15H20N4O2/c1-3-19-14(13(16)8-17-19)15(20)18(11-5-6-11)9-12-7-4-10(2)21-12/h4,7-8,11H,3,5-6,9,16H2,1-2H3. The number of nitrogens with two attached hydrogens (primary N) is 1. The number of carbonyl (C=O) groups excluding carboxylic acids is 1. The lowest BCUT2D eigenvalue weighted by molar-refractivity contribution is 0.0705. The van der Waals surface area contributed by atoms with Crippen LogP contribution in [-0.2, 0) is 13.1 Å². The van der Waals surface area contributed by atoms with Crippen molar-refractivity contribution in [2.45, 2.75) is 45.8 Å². The molecule has 1 saturated carbocycles. The molecule has 1 fully saturated rings. The molecule has 0 bridgehead atoms. The molecule has 0 saturated heterocycles. The summed E-state index contributed by atoms with van der Waals surface area (Å²) in [6.45, 7) is 4.94. The van der Waals surface area contributed by atoms with E-state index in [9.17, 15) is 4.79 Å². The Labute approximate surface area is 123 Å². The fourth-order valence-electron chi connectivity index (χ4n) is 2.50. The molecule has 6 heteroatoms. The summed E-state index contributed by atoms with van der Waals surface area (Å²) in [5.74, 6) is 1.59. The van der Waals surface area contributed by atoms with Gasteiger partial charge in [-0.3, -0.25) is 9.48 Å². The molecule has 0 unspecified atom stereocenters. The van der Waals surface area contributed by atoms with Crippen LogP contribution in [0.2, 0.25) is 0 Å². The summed E-state index contributed by atoms with van der Waals surface area (Å²) in [6.07, 6.45) is 3.61. The number of carbonyl (C=O) groups is 1. The molecule has 2 aromatic rings. The number of nitrogen functional groups attached to an aromatic ring is 1. The Kier molecular flexibility index (Phi) is 3.45. The van der Waals surface area contributed by atoms with Gasteiger partial charge in [0.05, 0.1) is 18.4 Å². The van der Waals surface area contributed by atoms with Crippen LogP contribution in [0.25, 0.3) is 0 Å². The van der Waals surface area contributed by atoms with Crippen LogP contribution in [0.4, 0.5) is 5.69 Å². The summed E-state index contributed by atoms with van der Waals surface area (Å²) in [4.78, 5) is 14.7. The Morgan fingerprint density at radius 1 is 1.52 bits per heavy atom. The number of hydrogen-bond acceptors (Lipinski definition) is 4.